The number of carboxylic acid groups (broad SMARTS) is 1. The molecular formula is C12H6BrF2NO3. The molecule has 1 N–H and O–H groups in total. The van der Waals surface area contributed by atoms with Gasteiger partial charge in [-0.1, -0.05) is 0 Å². The summed E-state index contributed by atoms with van der Waals surface area (Å²) in [4.78, 5) is 14.4. The van der Waals surface area contributed by atoms with Crippen LogP contribution in [-0.2, 0) is 0 Å². The van der Waals surface area contributed by atoms with E-state index in [0.29, 0.717) is 6.07 Å². The summed E-state index contributed by atoms with van der Waals surface area (Å²) in [6, 6.07) is 5.39. The van der Waals surface area contributed by atoms with Crippen LogP contribution in [0.15, 0.2) is 34.9 Å². The molecule has 0 bridgehead atoms. The van der Waals surface area contributed by atoms with Crippen molar-refractivity contribution >= 4 is 21.9 Å². The fraction of sp³-hybridized carbons (Fsp3) is 0. The van der Waals surface area contributed by atoms with Crippen LogP contribution in [0, 0.1) is 11.6 Å². The van der Waals surface area contributed by atoms with Crippen molar-refractivity contribution < 1.29 is 23.4 Å². The average molecular weight is 330 g/mol. The van der Waals surface area contributed by atoms with Crippen molar-refractivity contribution in [3.63, 3.8) is 0 Å². The van der Waals surface area contributed by atoms with E-state index in [4.69, 9.17) is 9.84 Å². The van der Waals surface area contributed by atoms with E-state index in [1.54, 1.807) is 0 Å². The van der Waals surface area contributed by atoms with Crippen LogP contribution in [-0.4, -0.2) is 16.1 Å². The summed E-state index contributed by atoms with van der Waals surface area (Å²) in [6.07, 6.45) is 0. The monoisotopic (exact) mass is 329 g/mol. The molecule has 1 aromatic carbocycles. The normalized spacial score (nSPS) is 10.3. The van der Waals surface area contributed by atoms with Gasteiger partial charge in [0.05, 0.1) is 0 Å². The highest BCUT2D eigenvalue weighted by atomic mass is 79.9. The molecule has 0 unspecified atom stereocenters. The van der Waals surface area contributed by atoms with Gasteiger partial charge in [-0.2, -0.15) is 0 Å². The van der Waals surface area contributed by atoms with Crippen LogP contribution in [0.25, 0.3) is 0 Å². The third-order valence-corrected chi connectivity index (χ3v) is 2.72. The van der Waals surface area contributed by atoms with Gasteiger partial charge in [0.2, 0.25) is 0 Å². The second kappa shape index (κ2) is 5.31. The van der Waals surface area contributed by atoms with Gasteiger partial charge in [0.1, 0.15) is 16.1 Å². The summed E-state index contributed by atoms with van der Waals surface area (Å²) in [5, 5.41) is 8.74. The molecular weight excluding hydrogens is 324 g/mol. The van der Waals surface area contributed by atoms with Gasteiger partial charge < -0.3 is 9.84 Å². The molecule has 0 amide bonds. The van der Waals surface area contributed by atoms with Gasteiger partial charge in [-0.3, -0.25) is 0 Å². The van der Waals surface area contributed by atoms with Gasteiger partial charge in [0.25, 0.3) is 0 Å². The molecule has 0 spiro atoms. The van der Waals surface area contributed by atoms with Crippen LogP contribution >= 0.6 is 15.9 Å². The molecule has 0 aliphatic carbocycles. The van der Waals surface area contributed by atoms with E-state index in [9.17, 15) is 13.6 Å². The van der Waals surface area contributed by atoms with E-state index in [2.05, 4.69) is 20.9 Å². The Hall–Kier alpha value is -2.02. The Kier molecular flexibility index (Phi) is 3.75. The van der Waals surface area contributed by atoms with Crippen molar-refractivity contribution in [3.05, 3.63) is 52.3 Å². The number of aromatic nitrogens is 1. The smallest absolute Gasteiger partial charge is 0.354 e. The van der Waals surface area contributed by atoms with Gasteiger partial charge in [-0.25, -0.2) is 18.6 Å². The van der Waals surface area contributed by atoms with Gasteiger partial charge >= 0.3 is 5.97 Å². The van der Waals surface area contributed by atoms with E-state index in [1.807, 2.05) is 0 Å². The largest absolute Gasteiger partial charge is 0.477 e. The highest BCUT2D eigenvalue weighted by Crippen LogP contribution is 2.30. The third-order valence-electron chi connectivity index (χ3n) is 2.15. The molecule has 0 saturated carbocycles. The van der Waals surface area contributed by atoms with Crippen molar-refractivity contribution in [1.82, 2.24) is 4.98 Å². The van der Waals surface area contributed by atoms with Crippen molar-refractivity contribution in [2.24, 2.45) is 0 Å². The minimum absolute atomic E-state index is 0.108. The Morgan fingerprint density at radius 2 is 1.89 bits per heavy atom. The number of rotatable bonds is 3. The van der Waals surface area contributed by atoms with Crippen LogP contribution < -0.4 is 4.74 Å². The molecule has 0 fully saturated rings. The molecule has 0 radical (unpaired) electrons. The van der Waals surface area contributed by atoms with Gasteiger partial charge in [-0.05, 0) is 40.2 Å². The van der Waals surface area contributed by atoms with E-state index >= 15 is 0 Å². The van der Waals surface area contributed by atoms with Crippen molar-refractivity contribution in [2.45, 2.75) is 0 Å². The first-order chi connectivity index (χ1) is 8.97. The van der Waals surface area contributed by atoms with Gasteiger partial charge in [0.15, 0.2) is 17.3 Å². The minimum atomic E-state index is -1.19. The van der Waals surface area contributed by atoms with E-state index in [0.717, 1.165) is 12.1 Å². The lowest BCUT2D eigenvalue weighted by molar-refractivity contribution is 0.0690. The molecule has 4 nitrogen and oxygen atoms in total. The lowest BCUT2D eigenvalue weighted by atomic mass is 10.3. The maximum atomic E-state index is 13.4. The number of hydrogen-bond donors (Lipinski definition) is 1. The number of aromatic carboxylic acids is 1. The first-order valence-electron chi connectivity index (χ1n) is 5.00. The second-order valence-corrected chi connectivity index (χ2v) is 4.22. The van der Waals surface area contributed by atoms with Crippen molar-refractivity contribution in [2.75, 3.05) is 0 Å². The highest BCUT2D eigenvalue weighted by Gasteiger charge is 2.12. The second-order valence-electron chi connectivity index (χ2n) is 3.47. The predicted molar refractivity (Wildman–Crippen MR) is 65.3 cm³/mol. The predicted octanol–water partition coefficient (Wildman–Crippen LogP) is 3.61. The zero-order chi connectivity index (χ0) is 14.0. The first kappa shape index (κ1) is 13.4. The maximum absolute atomic E-state index is 13.4. The number of halogens is 3. The number of ether oxygens (including phenoxy) is 1. The number of carboxylic acids is 1. The fourth-order valence-corrected chi connectivity index (χ4v) is 1.70. The molecule has 1 heterocycles. The molecule has 2 aromatic rings. The quantitative estimate of drug-likeness (QED) is 0.874. The van der Waals surface area contributed by atoms with E-state index in [1.165, 1.54) is 12.1 Å². The highest BCUT2D eigenvalue weighted by molar-refractivity contribution is 9.10. The Balaban J connectivity index is 2.31. The zero-order valence-corrected chi connectivity index (χ0v) is 10.8. The standard InChI is InChI=1S/C12H6BrF2NO3/c13-11-10(4-2-8(16-11)12(17)18)19-9-3-1-6(14)5-7(9)15/h1-5H,(H,17,18). The van der Waals surface area contributed by atoms with Crippen LogP contribution in [0.4, 0.5) is 8.78 Å². The SMILES string of the molecule is O=C(O)c1ccc(Oc2ccc(F)cc2F)c(Br)n1. The number of pyridine rings is 1. The zero-order valence-electron chi connectivity index (χ0n) is 9.23. The topological polar surface area (TPSA) is 59.4 Å². The lowest BCUT2D eigenvalue weighted by Crippen LogP contribution is -2.01. The molecule has 0 aliphatic heterocycles. The summed E-state index contributed by atoms with van der Waals surface area (Å²) in [5.74, 6) is -2.85. The number of carbonyl (C=O) groups is 1. The number of hydrogen-bond acceptors (Lipinski definition) is 3. The summed E-state index contributed by atoms with van der Waals surface area (Å²) < 4.78 is 31.4. The minimum Gasteiger partial charge on any atom is -0.477 e. The van der Waals surface area contributed by atoms with Crippen LogP contribution in [0.1, 0.15) is 10.5 Å². The summed E-state index contributed by atoms with van der Waals surface area (Å²) in [6.45, 7) is 0. The van der Waals surface area contributed by atoms with E-state index in [-0.39, 0.29) is 21.8 Å². The first-order valence-corrected chi connectivity index (χ1v) is 5.79. The lowest BCUT2D eigenvalue weighted by Gasteiger charge is -2.08. The molecule has 0 saturated heterocycles. The number of nitrogens with zero attached hydrogens (tertiary/aromatic N) is 1. The summed E-state index contributed by atoms with van der Waals surface area (Å²) in [7, 11) is 0. The summed E-state index contributed by atoms with van der Waals surface area (Å²) >= 11 is 3.02. The molecule has 98 valence electrons. The Morgan fingerprint density at radius 1 is 1.21 bits per heavy atom. The molecule has 0 aliphatic rings. The van der Waals surface area contributed by atoms with Crippen molar-refractivity contribution in [1.29, 1.82) is 0 Å². The van der Waals surface area contributed by atoms with Crippen molar-refractivity contribution in [3.8, 4) is 11.5 Å². The Morgan fingerprint density at radius 3 is 2.47 bits per heavy atom. The fourth-order valence-electron chi connectivity index (χ4n) is 1.29. The van der Waals surface area contributed by atoms with Gasteiger partial charge in [-0.15, -0.1) is 0 Å². The molecule has 1 aromatic heterocycles. The van der Waals surface area contributed by atoms with Crippen LogP contribution in [0.3, 0.4) is 0 Å². The van der Waals surface area contributed by atoms with E-state index < -0.39 is 17.6 Å². The maximum Gasteiger partial charge on any atom is 0.354 e. The van der Waals surface area contributed by atoms with Gasteiger partial charge in [0, 0.05) is 6.07 Å². The Bertz CT molecular complexity index is 649. The molecule has 2 rings (SSSR count). The van der Waals surface area contributed by atoms with Crippen LogP contribution in [0.5, 0.6) is 11.5 Å². The number of benzene rings is 1. The molecule has 0 atom stereocenters. The van der Waals surface area contributed by atoms with Crippen LogP contribution in [0.2, 0.25) is 0 Å². The third kappa shape index (κ3) is 3.05. The Labute approximate surface area is 114 Å². The average Bonchev–Trinajstić information content (AvgIpc) is 2.34. The molecule has 19 heavy (non-hydrogen) atoms. The molecule has 7 heteroatoms. The summed E-state index contributed by atoms with van der Waals surface area (Å²) in [5.41, 5.74) is -0.182.